The van der Waals surface area contributed by atoms with E-state index in [1.807, 2.05) is 23.1 Å². The molecule has 0 bridgehead atoms. The Kier molecular flexibility index (Phi) is 3.92. The number of hydrogen-bond donors (Lipinski definition) is 0. The Morgan fingerprint density at radius 2 is 1.76 bits per heavy atom. The van der Waals surface area contributed by atoms with Crippen LogP contribution < -0.4 is 0 Å². The highest BCUT2D eigenvalue weighted by Crippen LogP contribution is 2.28. The van der Waals surface area contributed by atoms with E-state index in [-0.39, 0.29) is 11.5 Å². The summed E-state index contributed by atoms with van der Waals surface area (Å²) < 4.78 is 27.4. The van der Waals surface area contributed by atoms with Gasteiger partial charge >= 0.3 is 0 Å². The molecule has 4 rings (SSSR count). The van der Waals surface area contributed by atoms with Crippen molar-refractivity contribution in [3.8, 4) is 11.3 Å². The number of amides is 1. The van der Waals surface area contributed by atoms with Gasteiger partial charge in [-0.25, -0.2) is 13.8 Å². The second-order valence-electron chi connectivity index (χ2n) is 6.20. The quantitative estimate of drug-likeness (QED) is 0.693. The number of carbonyl (C=O) groups excluding carboxylic acids is 1. The van der Waals surface area contributed by atoms with E-state index in [0.29, 0.717) is 16.8 Å². The van der Waals surface area contributed by atoms with Crippen LogP contribution in [0, 0.1) is 11.6 Å². The van der Waals surface area contributed by atoms with Crippen molar-refractivity contribution in [3.63, 3.8) is 0 Å². The summed E-state index contributed by atoms with van der Waals surface area (Å²) in [5, 5.41) is 0.741. The van der Waals surface area contributed by atoms with Crippen LogP contribution in [0.1, 0.15) is 23.2 Å². The molecule has 1 aliphatic heterocycles. The summed E-state index contributed by atoms with van der Waals surface area (Å²) in [4.78, 5) is 19.2. The number of likely N-dealkylation sites (tertiary alicyclic amines) is 1. The number of halogens is 2. The van der Waals surface area contributed by atoms with Crippen LogP contribution in [0.5, 0.6) is 0 Å². The fourth-order valence-electron chi connectivity index (χ4n) is 3.28. The number of para-hydroxylation sites is 1. The van der Waals surface area contributed by atoms with Gasteiger partial charge in [-0.05, 0) is 37.1 Å². The molecule has 0 saturated carbocycles. The largest absolute Gasteiger partial charge is 0.339 e. The molecule has 1 fully saturated rings. The second-order valence-corrected chi connectivity index (χ2v) is 6.20. The van der Waals surface area contributed by atoms with E-state index in [2.05, 4.69) is 4.98 Å². The monoisotopic (exact) mass is 338 g/mol. The van der Waals surface area contributed by atoms with E-state index in [1.54, 1.807) is 12.1 Å². The van der Waals surface area contributed by atoms with E-state index in [0.717, 1.165) is 37.4 Å². The van der Waals surface area contributed by atoms with Crippen molar-refractivity contribution < 1.29 is 13.6 Å². The van der Waals surface area contributed by atoms with Gasteiger partial charge in [-0.1, -0.05) is 18.2 Å². The van der Waals surface area contributed by atoms with Crippen LogP contribution in [0.2, 0.25) is 0 Å². The molecule has 25 heavy (non-hydrogen) atoms. The lowest BCUT2D eigenvalue weighted by atomic mass is 10.0. The lowest BCUT2D eigenvalue weighted by molar-refractivity contribution is 0.0794. The molecule has 1 saturated heterocycles. The number of aromatic nitrogens is 1. The van der Waals surface area contributed by atoms with Crippen LogP contribution in [0.15, 0.2) is 48.5 Å². The van der Waals surface area contributed by atoms with Gasteiger partial charge in [0.05, 0.1) is 16.8 Å². The highest BCUT2D eigenvalue weighted by molar-refractivity contribution is 6.07. The normalized spacial score (nSPS) is 14.2. The third-order valence-electron chi connectivity index (χ3n) is 4.55. The third-order valence-corrected chi connectivity index (χ3v) is 4.55. The summed E-state index contributed by atoms with van der Waals surface area (Å²) in [5.74, 6) is -1.40. The van der Waals surface area contributed by atoms with E-state index in [9.17, 15) is 13.6 Å². The summed E-state index contributed by atoms with van der Waals surface area (Å²) >= 11 is 0. The zero-order valence-electron chi connectivity index (χ0n) is 13.5. The molecule has 0 radical (unpaired) electrons. The molecule has 0 unspecified atom stereocenters. The summed E-state index contributed by atoms with van der Waals surface area (Å²) in [6.45, 7) is 1.46. The highest BCUT2D eigenvalue weighted by atomic mass is 19.1. The fourth-order valence-corrected chi connectivity index (χ4v) is 3.28. The zero-order valence-corrected chi connectivity index (χ0v) is 13.5. The van der Waals surface area contributed by atoms with Gasteiger partial charge in [0, 0.05) is 30.1 Å². The maximum atomic E-state index is 14.2. The molecule has 0 atom stereocenters. The lowest BCUT2D eigenvalue weighted by Crippen LogP contribution is -2.27. The van der Waals surface area contributed by atoms with Crippen LogP contribution in [-0.4, -0.2) is 28.9 Å². The fraction of sp³-hybridized carbons (Fsp3) is 0.200. The number of benzene rings is 2. The van der Waals surface area contributed by atoms with Gasteiger partial charge < -0.3 is 4.90 Å². The maximum absolute atomic E-state index is 14.2. The first-order valence-corrected chi connectivity index (χ1v) is 8.28. The predicted octanol–water partition coefficient (Wildman–Crippen LogP) is 4.42. The standard InChI is InChI=1S/C20H16F2N2O/c21-13-7-8-15(17(22)11-13)19-12-16(20(25)24-9-3-4-10-24)14-5-1-2-6-18(14)23-19/h1-2,5-8,11-12H,3-4,9-10H2. The van der Waals surface area contributed by atoms with E-state index in [1.165, 1.54) is 12.1 Å². The average molecular weight is 338 g/mol. The Bertz CT molecular complexity index is 965. The van der Waals surface area contributed by atoms with Crippen LogP contribution in [0.4, 0.5) is 8.78 Å². The number of hydrogen-bond acceptors (Lipinski definition) is 2. The number of pyridine rings is 1. The van der Waals surface area contributed by atoms with E-state index >= 15 is 0 Å². The van der Waals surface area contributed by atoms with Crippen molar-refractivity contribution in [2.45, 2.75) is 12.8 Å². The molecule has 1 aliphatic rings. The Labute approximate surface area is 143 Å². The number of fused-ring (bicyclic) bond motifs is 1. The molecule has 0 spiro atoms. The van der Waals surface area contributed by atoms with E-state index in [4.69, 9.17) is 0 Å². The molecule has 5 heteroatoms. The first kappa shape index (κ1) is 15.7. The molecular formula is C20H16F2N2O. The average Bonchev–Trinajstić information content (AvgIpc) is 3.15. The predicted molar refractivity (Wildman–Crippen MR) is 92.2 cm³/mol. The molecule has 2 aromatic carbocycles. The molecule has 0 aliphatic carbocycles. The second kappa shape index (κ2) is 6.24. The van der Waals surface area contributed by atoms with Gasteiger partial charge in [-0.15, -0.1) is 0 Å². The number of nitrogens with zero attached hydrogens (tertiary/aromatic N) is 2. The van der Waals surface area contributed by atoms with Gasteiger partial charge in [-0.2, -0.15) is 0 Å². The number of carbonyl (C=O) groups is 1. The molecule has 3 nitrogen and oxygen atoms in total. The van der Waals surface area contributed by atoms with E-state index < -0.39 is 11.6 Å². The maximum Gasteiger partial charge on any atom is 0.254 e. The lowest BCUT2D eigenvalue weighted by Gasteiger charge is -2.17. The summed E-state index contributed by atoms with van der Waals surface area (Å²) in [6.07, 6.45) is 1.99. The number of rotatable bonds is 2. The summed E-state index contributed by atoms with van der Waals surface area (Å²) in [7, 11) is 0. The molecule has 126 valence electrons. The van der Waals surface area contributed by atoms with Gasteiger partial charge in [-0.3, -0.25) is 4.79 Å². The molecular weight excluding hydrogens is 322 g/mol. The van der Waals surface area contributed by atoms with Crippen molar-refractivity contribution in [1.82, 2.24) is 9.88 Å². The van der Waals surface area contributed by atoms with Crippen LogP contribution >= 0.6 is 0 Å². The molecule has 3 aromatic rings. The minimum Gasteiger partial charge on any atom is -0.339 e. The highest BCUT2D eigenvalue weighted by Gasteiger charge is 2.23. The summed E-state index contributed by atoms with van der Waals surface area (Å²) in [5.41, 5.74) is 1.64. The van der Waals surface area contributed by atoms with Crippen LogP contribution in [0.25, 0.3) is 22.2 Å². The van der Waals surface area contributed by atoms with Crippen molar-refractivity contribution in [1.29, 1.82) is 0 Å². The van der Waals surface area contributed by atoms with Gasteiger partial charge in [0.1, 0.15) is 11.6 Å². The molecule has 1 amide bonds. The van der Waals surface area contributed by atoms with Gasteiger partial charge in [0.15, 0.2) is 0 Å². The Morgan fingerprint density at radius 1 is 1.00 bits per heavy atom. The van der Waals surface area contributed by atoms with Crippen LogP contribution in [-0.2, 0) is 0 Å². The third kappa shape index (κ3) is 2.86. The van der Waals surface area contributed by atoms with Crippen molar-refractivity contribution in [2.24, 2.45) is 0 Å². The van der Waals surface area contributed by atoms with Crippen molar-refractivity contribution in [2.75, 3.05) is 13.1 Å². The van der Waals surface area contributed by atoms with Gasteiger partial charge in [0.2, 0.25) is 0 Å². The van der Waals surface area contributed by atoms with Crippen LogP contribution in [0.3, 0.4) is 0 Å². The zero-order chi connectivity index (χ0) is 17.4. The molecule has 0 N–H and O–H groups in total. The topological polar surface area (TPSA) is 33.2 Å². The minimum atomic E-state index is -0.692. The Balaban J connectivity index is 1.90. The first-order valence-electron chi connectivity index (χ1n) is 8.28. The smallest absolute Gasteiger partial charge is 0.254 e. The SMILES string of the molecule is O=C(c1cc(-c2ccc(F)cc2F)nc2ccccc12)N1CCCC1. The molecule has 2 heterocycles. The van der Waals surface area contributed by atoms with Crippen molar-refractivity contribution in [3.05, 3.63) is 65.7 Å². The van der Waals surface area contributed by atoms with Crippen molar-refractivity contribution >= 4 is 16.8 Å². The Hall–Kier alpha value is -2.82. The summed E-state index contributed by atoms with van der Waals surface area (Å²) in [6, 6.07) is 12.3. The van der Waals surface area contributed by atoms with Gasteiger partial charge in [0.25, 0.3) is 5.91 Å². The molecule has 1 aromatic heterocycles. The first-order chi connectivity index (χ1) is 12.1. The Morgan fingerprint density at radius 3 is 2.52 bits per heavy atom. The minimum absolute atomic E-state index is 0.0696.